The number of nitrogens with zero attached hydrogens (tertiary/aromatic N) is 2. The molecule has 0 saturated heterocycles. The van der Waals surface area contributed by atoms with Crippen LogP contribution in [0.2, 0.25) is 0 Å². The molecule has 0 aromatic carbocycles. The van der Waals surface area contributed by atoms with Gasteiger partial charge in [-0.1, -0.05) is 0 Å². The number of amides is 1. The zero-order valence-corrected chi connectivity index (χ0v) is 11.4. The molecule has 100 valence electrons. The maximum atomic E-state index is 11.8. The first-order valence-corrected chi connectivity index (χ1v) is 6.00. The topological polar surface area (TPSA) is 51.5 Å². The fourth-order valence-corrected chi connectivity index (χ4v) is 1.69. The third-order valence-corrected chi connectivity index (χ3v) is 2.70. The van der Waals surface area contributed by atoms with Crippen LogP contribution in [0.25, 0.3) is 0 Å². The van der Waals surface area contributed by atoms with Crippen molar-refractivity contribution >= 4 is 11.9 Å². The summed E-state index contributed by atoms with van der Waals surface area (Å²) in [7, 11) is 3.44. The maximum Gasteiger partial charge on any atom is 0.355 e. The molecular weight excluding hydrogens is 232 g/mol. The summed E-state index contributed by atoms with van der Waals surface area (Å²) in [5.74, 6) is -0.298. The normalized spacial score (nSPS) is 10.2. The van der Waals surface area contributed by atoms with Gasteiger partial charge in [0.1, 0.15) is 5.69 Å². The number of ether oxygens (including phenoxy) is 1. The van der Waals surface area contributed by atoms with E-state index in [1.165, 1.54) is 0 Å². The number of rotatable bonds is 5. The molecule has 1 heterocycles. The first kappa shape index (κ1) is 14.3. The monoisotopic (exact) mass is 252 g/mol. The summed E-state index contributed by atoms with van der Waals surface area (Å²) < 4.78 is 6.78. The smallest absolute Gasteiger partial charge is 0.355 e. The van der Waals surface area contributed by atoms with Crippen LogP contribution in [0.3, 0.4) is 0 Å². The Bertz CT molecular complexity index is 435. The lowest BCUT2D eigenvalue weighted by Gasteiger charge is -2.12. The molecule has 0 aliphatic carbocycles. The lowest BCUT2D eigenvalue weighted by molar-refractivity contribution is -0.128. The lowest BCUT2D eigenvalue weighted by Crippen LogP contribution is -2.23. The molecule has 0 aliphatic rings. The molecule has 1 aromatic heterocycles. The van der Waals surface area contributed by atoms with Crippen LogP contribution in [0.4, 0.5) is 0 Å². The molecule has 0 atom stereocenters. The second-order valence-electron chi connectivity index (χ2n) is 4.30. The van der Waals surface area contributed by atoms with Crippen molar-refractivity contribution in [1.82, 2.24) is 9.47 Å². The Balaban J connectivity index is 2.78. The van der Waals surface area contributed by atoms with Gasteiger partial charge in [0, 0.05) is 33.3 Å². The SMILES string of the molecule is CCOC(=O)c1c(C)ccn1CCC(=O)N(C)C. The molecule has 5 nitrogen and oxygen atoms in total. The van der Waals surface area contributed by atoms with E-state index in [4.69, 9.17) is 4.74 Å². The average Bonchev–Trinajstić information content (AvgIpc) is 2.67. The third kappa shape index (κ3) is 3.35. The number of carbonyl (C=O) groups is 2. The molecule has 1 rings (SSSR count). The molecule has 0 spiro atoms. The van der Waals surface area contributed by atoms with E-state index in [-0.39, 0.29) is 11.9 Å². The zero-order chi connectivity index (χ0) is 13.7. The molecule has 5 heteroatoms. The number of carbonyl (C=O) groups excluding carboxylic acids is 2. The predicted molar refractivity (Wildman–Crippen MR) is 68.4 cm³/mol. The number of aromatic nitrogens is 1. The van der Waals surface area contributed by atoms with Crippen molar-refractivity contribution in [1.29, 1.82) is 0 Å². The Hall–Kier alpha value is -1.78. The Morgan fingerprint density at radius 2 is 2.06 bits per heavy atom. The van der Waals surface area contributed by atoms with Gasteiger partial charge in [0.25, 0.3) is 0 Å². The summed E-state index contributed by atoms with van der Waals surface area (Å²) in [5, 5.41) is 0. The molecule has 0 unspecified atom stereocenters. The van der Waals surface area contributed by atoms with Gasteiger partial charge >= 0.3 is 5.97 Å². The third-order valence-electron chi connectivity index (χ3n) is 2.70. The Kier molecular flexibility index (Phi) is 4.95. The number of hydrogen-bond donors (Lipinski definition) is 0. The van der Waals surface area contributed by atoms with E-state index in [0.717, 1.165) is 5.56 Å². The predicted octanol–water partition coefficient (Wildman–Crippen LogP) is 1.45. The van der Waals surface area contributed by atoms with E-state index < -0.39 is 0 Å². The molecule has 0 fully saturated rings. The van der Waals surface area contributed by atoms with Crippen LogP contribution < -0.4 is 0 Å². The molecule has 1 aromatic rings. The molecule has 1 amide bonds. The summed E-state index contributed by atoms with van der Waals surface area (Å²) >= 11 is 0. The van der Waals surface area contributed by atoms with Crippen molar-refractivity contribution in [2.75, 3.05) is 20.7 Å². The van der Waals surface area contributed by atoms with Crippen LogP contribution in [-0.2, 0) is 16.1 Å². The first-order valence-electron chi connectivity index (χ1n) is 6.00. The van der Waals surface area contributed by atoms with Crippen LogP contribution in [0.15, 0.2) is 12.3 Å². The van der Waals surface area contributed by atoms with E-state index in [9.17, 15) is 9.59 Å². The minimum absolute atomic E-state index is 0.0381. The van der Waals surface area contributed by atoms with Gasteiger partial charge in [0.2, 0.25) is 5.91 Å². The standard InChI is InChI=1S/C13H20N2O3/c1-5-18-13(17)12-10(2)6-8-15(12)9-7-11(16)14(3)4/h6,8H,5,7,9H2,1-4H3. The molecule has 0 radical (unpaired) electrons. The van der Waals surface area contributed by atoms with Crippen molar-refractivity contribution in [3.05, 3.63) is 23.5 Å². The fraction of sp³-hybridized carbons (Fsp3) is 0.538. The minimum Gasteiger partial charge on any atom is -0.461 e. The van der Waals surface area contributed by atoms with E-state index in [2.05, 4.69) is 0 Å². The summed E-state index contributed by atoms with van der Waals surface area (Å²) in [5.41, 5.74) is 1.40. The maximum absolute atomic E-state index is 11.8. The largest absolute Gasteiger partial charge is 0.461 e. The van der Waals surface area contributed by atoms with E-state index >= 15 is 0 Å². The molecule has 0 bridgehead atoms. The molecule has 0 saturated carbocycles. The van der Waals surface area contributed by atoms with Gasteiger partial charge in [-0.3, -0.25) is 4.79 Å². The zero-order valence-electron chi connectivity index (χ0n) is 11.4. The number of hydrogen-bond acceptors (Lipinski definition) is 3. The fourth-order valence-electron chi connectivity index (χ4n) is 1.69. The first-order chi connectivity index (χ1) is 8.47. The van der Waals surface area contributed by atoms with Gasteiger partial charge in [-0.15, -0.1) is 0 Å². The highest BCUT2D eigenvalue weighted by Crippen LogP contribution is 2.12. The second kappa shape index (κ2) is 6.23. The summed E-state index contributed by atoms with van der Waals surface area (Å²) in [4.78, 5) is 24.9. The Morgan fingerprint density at radius 3 is 2.61 bits per heavy atom. The van der Waals surface area contributed by atoms with E-state index in [0.29, 0.717) is 25.3 Å². The van der Waals surface area contributed by atoms with Crippen molar-refractivity contribution in [2.24, 2.45) is 0 Å². The van der Waals surface area contributed by atoms with Gasteiger partial charge in [-0.05, 0) is 25.5 Å². The molecule has 18 heavy (non-hydrogen) atoms. The van der Waals surface area contributed by atoms with Gasteiger partial charge in [0.15, 0.2) is 0 Å². The average molecular weight is 252 g/mol. The molecular formula is C13H20N2O3. The van der Waals surface area contributed by atoms with E-state index in [1.807, 2.05) is 19.2 Å². The highest BCUT2D eigenvalue weighted by molar-refractivity contribution is 5.89. The van der Waals surface area contributed by atoms with Crippen LogP contribution in [0.1, 0.15) is 29.4 Å². The Labute approximate surface area is 107 Å². The van der Waals surface area contributed by atoms with Gasteiger partial charge in [0.05, 0.1) is 6.61 Å². The Morgan fingerprint density at radius 1 is 1.39 bits per heavy atom. The van der Waals surface area contributed by atoms with Gasteiger partial charge in [-0.25, -0.2) is 4.79 Å². The summed E-state index contributed by atoms with van der Waals surface area (Å²) in [6.45, 7) is 4.46. The van der Waals surface area contributed by atoms with Gasteiger partial charge in [-0.2, -0.15) is 0 Å². The van der Waals surface area contributed by atoms with Crippen molar-refractivity contribution in [3.63, 3.8) is 0 Å². The van der Waals surface area contributed by atoms with Crippen LogP contribution >= 0.6 is 0 Å². The van der Waals surface area contributed by atoms with Crippen molar-refractivity contribution < 1.29 is 14.3 Å². The highest BCUT2D eigenvalue weighted by Gasteiger charge is 2.16. The van der Waals surface area contributed by atoms with Crippen LogP contribution in [0, 0.1) is 6.92 Å². The molecule has 0 aliphatic heterocycles. The quantitative estimate of drug-likeness (QED) is 0.745. The second-order valence-corrected chi connectivity index (χ2v) is 4.30. The summed E-state index contributed by atoms with van der Waals surface area (Å²) in [6, 6.07) is 1.85. The molecule has 0 N–H and O–H groups in total. The van der Waals surface area contributed by atoms with Crippen molar-refractivity contribution in [2.45, 2.75) is 26.8 Å². The lowest BCUT2D eigenvalue weighted by atomic mass is 10.2. The van der Waals surface area contributed by atoms with Crippen molar-refractivity contribution in [3.8, 4) is 0 Å². The number of esters is 1. The van der Waals surface area contributed by atoms with Crippen LogP contribution in [-0.4, -0.2) is 42.0 Å². The number of aryl methyl sites for hydroxylation is 2. The minimum atomic E-state index is -0.336. The summed E-state index contributed by atoms with van der Waals surface area (Å²) in [6.07, 6.45) is 2.18. The van der Waals surface area contributed by atoms with E-state index in [1.54, 1.807) is 30.5 Å². The van der Waals surface area contributed by atoms with Gasteiger partial charge < -0.3 is 14.2 Å². The highest BCUT2D eigenvalue weighted by atomic mass is 16.5. The van der Waals surface area contributed by atoms with Crippen LogP contribution in [0.5, 0.6) is 0 Å².